The first-order valence-corrected chi connectivity index (χ1v) is 7.27. The van der Waals surface area contributed by atoms with Gasteiger partial charge in [-0.1, -0.05) is 0 Å². The van der Waals surface area contributed by atoms with Crippen molar-refractivity contribution in [3.63, 3.8) is 0 Å². The van der Waals surface area contributed by atoms with Crippen LogP contribution in [0.3, 0.4) is 0 Å². The van der Waals surface area contributed by atoms with E-state index in [1.807, 2.05) is 6.07 Å². The summed E-state index contributed by atoms with van der Waals surface area (Å²) in [5, 5.41) is 9.90. The molecule has 23 heavy (non-hydrogen) atoms. The lowest BCUT2D eigenvalue weighted by molar-refractivity contribution is -0.143. The number of pyridine rings is 1. The van der Waals surface area contributed by atoms with Crippen LogP contribution >= 0.6 is 0 Å². The lowest BCUT2D eigenvalue weighted by Gasteiger charge is -2.25. The van der Waals surface area contributed by atoms with E-state index in [4.69, 9.17) is 10.00 Å². The lowest BCUT2D eigenvalue weighted by atomic mass is 10.1. The molecular weight excluding hydrogens is 294 g/mol. The normalized spacial score (nSPS) is 15.3. The summed E-state index contributed by atoms with van der Waals surface area (Å²) in [7, 11) is 0. The Morgan fingerprint density at radius 1 is 1.43 bits per heavy atom. The number of hydrogen-bond acceptors (Lipinski definition) is 5. The number of aromatic nitrogens is 3. The molecule has 0 aliphatic carbocycles. The Kier molecular flexibility index (Phi) is 3.17. The number of nitrogens with one attached hydrogen (secondary N) is 1. The van der Waals surface area contributed by atoms with Gasteiger partial charge in [0.2, 0.25) is 5.91 Å². The smallest absolute Gasteiger partial charge is 0.249 e. The highest BCUT2D eigenvalue weighted by molar-refractivity contribution is 6.02. The molecule has 1 fully saturated rings. The van der Waals surface area contributed by atoms with Crippen molar-refractivity contribution in [2.75, 3.05) is 19.8 Å². The monoisotopic (exact) mass is 307 g/mol. The number of carbonyl (C=O) groups is 1. The Balaban J connectivity index is 1.76. The number of benzene rings is 1. The van der Waals surface area contributed by atoms with Crippen LogP contribution in [-0.4, -0.2) is 45.5 Å². The number of morpholine rings is 1. The largest absolute Gasteiger partial charge is 0.370 e. The van der Waals surface area contributed by atoms with E-state index >= 15 is 0 Å². The minimum Gasteiger partial charge on any atom is -0.370 e. The van der Waals surface area contributed by atoms with E-state index in [0.29, 0.717) is 31.1 Å². The zero-order valence-corrected chi connectivity index (χ0v) is 12.2. The summed E-state index contributed by atoms with van der Waals surface area (Å²) in [6, 6.07) is 7.47. The van der Waals surface area contributed by atoms with Crippen LogP contribution in [-0.2, 0) is 16.1 Å². The van der Waals surface area contributed by atoms with Crippen LogP contribution in [0, 0.1) is 11.3 Å². The molecule has 7 nitrogen and oxygen atoms in total. The first-order chi connectivity index (χ1) is 11.2. The molecule has 1 amide bonds. The summed E-state index contributed by atoms with van der Waals surface area (Å²) in [6.07, 6.45) is 1.72. The predicted octanol–water partition coefficient (Wildman–Crippen LogP) is 1.34. The summed E-state index contributed by atoms with van der Waals surface area (Å²) in [6.45, 7) is 1.64. The van der Waals surface area contributed by atoms with Crippen LogP contribution in [0.4, 0.5) is 0 Å². The number of nitriles is 1. The molecule has 2 aromatic heterocycles. The fraction of sp³-hybridized carbons (Fsp3) is 0.250. The van der Waals surface area contributed by atoms with Crippen molar-refractivity contribution in [3.8, 4) is 6.07 Å². The van der Waals surface area contributed by atoms with Gasteiger partial charge < -0.3 is 14.6 Å². The van der Waals surface area contributed by atoms with E-state index in [2.05, 4.69) is 21.0 Å². The van der Waals surface area contributed by atoms with Crippen molar-refractivity contribution in [1.29, 1.82) is 5.26 Å². The molecule has 0 bridgehead atoms. The van der Waals surface area contributed by atoms with Crippen LogP contribution in [0.1, 0.15) is 11.4 Å². The van der Waals surface area contributed by atoms with Crippen molar-refractivity contribution in [2.24, 2.45) is 0 Å². The molecule has 0 atom stereocenters. The van der Waals surface area contributed by atoms with Crippen molar-refractivity contribution in [1.82, 2.24) is 19.9 Å². The number of rotatable bonds is 2. The van der Waals surface area contributed by atoms with E-state index in [-0.39, 0.29) is 12.5 Å². The predicted molar refractivity (Wildman–Crippen MR) is 82.3 cm³/mol. The zero-order chi connectivity index (χ0) is 15.8. The number of nitrogens with zero attached hydrogens (tertiary/aromatic N) is 4. The molecule has 1 aliphatic heterocycles. The molecule has 1 aromatic carbocycles. The van der Waals surface area contributed by atoms with E-state index in [0.717, 1.165) is 21.9 Å². The number of aromatic amines is 1. The van der Waals surface area contributed by atoms with Gasteiger partial charge in [0.25, 0.3) is 0 Å². The number of H-pyrrole nitrogens is 1. The molecular formula is C16H13N5O2. The number of ether oxygens (including phenoxy) is 1. The Morgan fingerprint density at radius 3 is 3.17 bits per heavy atom. The number of imidazole rings is 1. The molecule has 4 rings (SSSR count). The standard InChI is InChI=1S/C16H13N5O2/c17-6-10-1-2-12-11(5-10)16-13(7-18-12)19-14(20-16)8-21-3-4-23-9-15(21)22/h1-2,5,7H,3-4,8-9H2,(H,19,20). The van der Waals surface area contributed by atoms with Crippen LogP contribution < -0.4 is 0 Å². The minimum atomic E-state index is -0.0357. The van der Waals surface area contributed by atoms with Gasteiger partial charge in [-0.05, 0) is 18.2 Å². The summed E-state index contributed by atoms with van der Waals surface area (Å²) in [5.74, 6) is 0.665. The summed E-state index contributed by atoms with van der Waals surface area (Å²) in [5.41, 5.74) is 2.92. The fourth-order valence-electron chi connectivity index (χ4n) is 2.75. The van der Waals surface area contributed by atoms with Crippen LogP contribution in [0.5, 0.6) is 0 Å². The highest BCUT2D eigenvalue weighted by Gasteiger charge is 2.20. The Morgan fingerprint density at radius 2 is 2.35 bits per heavy atom. The van der Waals surface area contributed by atoms with Crippen LogP contribution in [0.2, 0.25) is 0 Å². The van der Waals surface area contributed by atoms with E-state index in [9.17, 15) is 4.79 Å². The first-order valence-electron chi connectivity index (χ1n) is 7.27. The van der Waals surface area contributed by atoms with Crippen molar-refractivity contribution >= 4 is 27.8 Å². The molecule has 1 aliphatic rings. The van der Waals surface area contributed by atoms with E-state index in [1.54, 1.807) is 23.2 Å². The molecule has 114 valence electrons. The molecule has 1 saturated heterocycles. The fourth-order valence-corrected chi connectivity index (χ4v) is 2.75. The lowest BCUT2D eigenvalue weighted by Crippen LogP contribution is -2.41. The molecule has 7 heteroatoms. The van der Waals surface area contributed by atoms with Gasteiger partial charge in [-0.3, -0.25) is 9.78 Å². The molecule has 0 radical (unpaired) electrons. The topological polar surface area (TPSA) is 94.9 Å². The molecule has 0 unspecified atom stereocenters. The van der Waals surface area contributed by atoms with Crippen LogP contribution in [0.25, 0.3) is 21.9 Å². The Bertz CT molecular complexity index is 956. The Labute approximate surface area is 131 Å². The maximum absolute atomic E-state index is 11.8. The van der Waals surface area contributed by atoms with Crippen molar-refractivity contribution < 1.29 is 9.53 Å². The number of fused-ring (bicyclic) bond motifs is 3. The summed E-state index contributed by atoms with van der Waals surface area (Å²) < 4.78 is 5.13. The van der Waals surface area contributed by atoms with Gasteiger partial charge >= 0.3 is 0 Å². The third-order valence-electron chi connectivity index (χ3n) is 3.92. The van der Waals surface area contributed by atoms with Gasteiger partial charge in [0, 0.05) is 11.9 Å². The van der Waals surface area contributed by atoms with Gasteiger partial charge in [0.05, 0.1) is 47.5 Å². The highest BCUT2D eigenvalue weighted by Crippen LogP contribution is 2.23. The average molecular weight is 307 g/mol. The van der Waals surface area contributed by atoms with E-state index in [1.165, 1.54) is 0 Å². The quantitative estimate of drug-likeness (QED) is 0.771. The average Bonchev–Trinajstić information content (AvgIpc) is 2.99. The van der Waals surface area contributed by atoms with Crippen molar-refractivity contribution in [2.45, 2.75) is 6.54 Å². The molecule has 3 heterocycles. The maximum atomic E-state index is 11.8. The third-order valence-corrected chi connectivity index (χ3v) is 3.92. The second-order valence-electron chi connectivity index (χ2n) is 5.42. The number of carbonyl (C=O) groups excluding carboxylic acids is 1. The van der Waals surface area contributed by atoms with Gasteiger partial charge in [-0.2, -0.15) is 5.26 Å². The Hall–Kier alpha value is -2.98. The number of hydrogen-bond donors (Lipinski definition) is 1. The van der Waals surface area contributed by atoms with Gasteiger partial charge in [-0.15, -0.1) is 0 Å². The molecule has 3 aromatic rings. The third kappa shape index (κ3) is 2.39. The van der Waals surface area contributed by atoms with Gasteiger partial charge in [-0.25, -0.2) is 4.98 Å². The molecule has 1 N–H and O–H groups in total. The second kappa shape index (κ2) is 5.34. The SMILES string of the molecule is N#Cc1ccc2ncc3[nH]c(CN4CCOCC4=O)nc3c2c1. The number of amides is 1. The molecule has 0 saturated carbocycles. The van der Waals surface area contributed by atoms with Crippen molar-refractivity contribution in [3.05, 3.63) is 35.8 Å². The summed E-state index contributed by atoms with van der Waals surface area (Å²) in [4.78, 5) is 25.7. The molecule has 0 spiro atoms. The second-order valence-corrected chi connectivity index (χ2v) is 5.42. The van der Waals surface area contributed by atoms with Gasteiger partial charge in [0.15, 0.2) is 0 Å². The van der Waals surface area contributed by atoms with E-state index < -0.39 is 0 Å². The zero-order valence-electron chi connectivity index (χ0n) is 12.2. The first kappa shape index (κ1) is 13.7. The van der Waals surface area contributed by atoms with Crippen LogP contribution in [0.15, 0.2) is 24.4 Å². The van der Waals surface area contributed by atoms with Gasteiger partial charge in [0.1, 0.15) is 12.4 Å². The summed E-state index contributed by atoms with van der Waals surface area (Å²) >= 11 is 0. The minimum absolute atomic E-state index is 0.0357. The highest BCUT2D eigenvalue weighted by atomic mass is 16.5. The maximum Gasteiger partial charge on any atom is 0.249 e.